The Kier molecular flexibility index (Phi) is 11.1. The summed E-state index contributed by atoms with van der Waals surface area (Å²) >= 11 is 0. The van der Waals surface area contributed by atoms with E-state index in [2.05, 4.69) is 49.4 Å². The van der Waals surface area contributed by atoms with Crippen LogP contribution >= 0.6 is 0 Å². The number of hydrogen-bond acceptors (Lipinski definition) is 1. The van der Waals surface area contributed by atoms with Crippen LogP contribution in [0.15, 0.2) is 48.5 Å². The van der Waals surface area contributed by atoms with Gasteiger partial charge in [0.2, 0.25) is 0 Å². The van der Waals surface area contributed by atoms with Gasteiger partial charge in [0.25, 0.3) is 0 Å². The minimum atomic E-state index is -0.292. The van der Waals surface area contributed by atoms with Crippen LogP contribution in [0.4, 0.5) is 0 Å². The van der Waals surface area contributed by atoms with E-state index in [0.717, 1.165) is 6.42 Å². The second-order valence-corrected chi connectivity index (χ2v) is 4.80. The van der Waals surface area contributed by atoms with Gasteiger partial charge < -0.3 is 5.11 Å². The normalized spacial score (nSPS) is 17.4. The third kappa shape index (κ3) is 5.21. The molecule has 0 saturated heterocycles. The van der Waals surface area contributed by atoms with Gasteiger partial charge in [0, 0.05) is 5.92 Å². The second-order valence-electron chi connectivity index (χ2n) is 4.80. The third-order valence-corrected chi connectivity index (χ3v) is 3.77. The van der Waals surface area contributed by atoms with E-state index < -0.39 is 0 Å². The Morgan fingerprint density at radius 2 is 1.22 bits per heavy atom. The van der Waals surface area contributed by atoms with Crippen molar-refractivity contribution in [2.24, 2.45) is 0 Å². The topological polar surface area (TPSA) is 20.2 Å². The highest BCUT2D eigenvalue weighted by Crippen LogP contribution is 2.37. The second kappa shape index (κ2) is 11.9. The summed E-state index contributed by atoms with van der Waals surface area (Å²) in [6.45, 7) is 14.1. The molecule has 128 valence electrons. The predicted molar refractivity (Wildman–Crippen MR) is 104 cm³/mol. The molecule has 0 fully saturated rings. The van der Waals surface area contributed by atoms with E-state index in [1.165, 1.54) is 22.3 Å². The van der Waals surface area contributed by atoms with Crippen molar-refractivity contribution in [3.8, 4) is 11.1 Å². The van der Waals surface area contributed by atoms with Gasteiger partial charge in [-0.1, -0.05) is 97.0 Å². The van der Waals surface area contributed by atoms with Crippen LogP contribution in [0.1, 0.15) is 65.5 Å². The summed E-state index contributed by atoms with van der Waals surface area (Å²) in [5.74, 6) is 0.193. The minimum absolute atomic E-state index is 0.193. The molecular weight excluding hydrogens is 280 g/mol. The molecular formula is C22H34O. The highest BCUT2D eigenvalue weighted by Gasteiger charge is 2.25. The molecule has 0 spiro atoms. The molecule has 1 nitrogen and oxygen atoms in total. The van der Waals surface area contributed by atoms with Crippen molar-refractivity contribution in [2.45, 2.75) is 66.9 Å². The molecule has 0 heterocycles. The van der Waals surface area contributed by atoms with Crippen LogP contribution in [0.2, 0.25) is 0 Å². The summed E-state index contributed by atoms with van der Waals surface area (Å²) in [5, 5.41) is 10.3. The van der Waals surface area contributed by atoms with Gasteiger partial charge in [0.1, 0.15) is 0 Å². The quantitative estimate of drug-likeness (QED) is 0.592. The number of aliphatic hydroxyl groups excluding tert-OH is 1. The fourth-order valence-electron chi connectivity index (χ4n) is 2.71. The highest BCUT2D eigenvalue weighted by molar-refractivity contribution is 5.72. The Balaban J connectivity index is 0.000000728. The molecule has 2 aromatic carbocycles. The zero-order valence-corrected chi connectivity index (χ0v) is 15.9. The molecule has 0 bridgehead atoms. The van der Waals surface area contributed by atoms with Crippen LogP contribution in [-0.4, -0.2) is 11.2 Å². The van der Waals surface area contributed by atoms with Crippen molar-refractivity contribution in [1.29, 1.82) is 0 Å². The summed E-state index contributed by atoms with van der Waals surface area (Å²) < 4.78 is 0. The molecule has 2 aromatic rings. The van der Waals surface area contributed by atoms with Crippen molar-refractivity contribution in [1.82, 2.24) is 0 Å². The molecule has 2 atom stereocenters. The maximum atomic E-state index is 10.3. The van der Waals surface area contributed by atoms with Gasteiger partial charge in [0.05, 0.1) is 6.10 Å². The average Bonchev–Trinajstić information content (AvgIpc) is 2.76. The van der Waals surface area contributed by atoms with E-state index >= 15 is 0 Å². The van der Waals surface area contributed by atoms with Gasteiger partial charge in [0.15, 0.2) is 0 Å². The Morgan fingerprint density at radius 1 is 0.739 bits per heavy atom. The molecule has 1 N–H and O–H groups in total. The molecule has 23 heavy (non-hydrogen) atoms. The van der Waals surface area contributed by atoms with E-state index in [4.69, 9.17) is 0 Å². The summed E-state index contributed by atoms with van der Waals surface area (Å²) in [6.07, 6.45) is 0.450. The molecule has 0 radical (unpaired) electrons. The number of rotatable bonds is 0. The molecule has 2 unspecified atom stereocenters. The first-order valence-corrected chi connectivity index (χ1v) is 9.12. The van der Waals surface area contributed by atoms with E-state index in [9.17, 15) is 5.11 Å². The first-order chi connectivity index (χ1) is 11.3. The fourth-order valence-corrected chi connectivity index (χ4v) is 2.71. The van der Waals surface area contributed by atoms with E-state index in [-0.39, 0.29) is 12.0 Å². The maximum absolute atomic E-state index is 10.3. The summed E-state index contributed by atoms with van der Waals surface area (Å²) in [6, 6.07) is 16.8. The summed E-state index contributed by atoms with van der Waals surface area (Å²) in [5.41, 5.74) is 5.04. The van der Waals surface area contributed by atoms with Crippen molar-refractivity contribution in [3.63, 3.8) is 0 Å². The monoisotopic (exact) mass is 314 g/mol. The number of hydrogen-bond donors (Lipinski definition) is 1. The van der Waals surface area contributed by atoms with Gasteiger partial charge >= 0.3 is 0 Å². The molecule has 1 aliphatic carbocycles. The fraction of sp³-hybridized carbons (Fsp3) is 0.455. The van der Waals surface area contributed by atoms with Gasteiger partial charge in [-0.15, -0.1) is 0 Å². The first-order valence-electron chi connectivity index (χ1n) is 9.12. The largest absolute Gasteiger partial charge is 0.392 e. The van der Waals surface area contributed by atoms with Crippen molar-refractivity contribution in [3.05, 3.63) is 59.7 Å². The smallest absolute Gasteiger partial charge is 0.0646 e. The van der Waals surface area contributed by atoms with Crippen LogP contribution in [0, 0.1) is 0 Å². The third-order valence-electron chi connectivity index (χ3n) is 3.77. The van der Waals surface area contributed by atoms with Crippen LogP contribution in [0.5, 0.6) is 0 Å². The Labute approximate surface area is 143 Å². The molecule has 1 aliphatic rings. The maximum Gasteiger partial charge on any atom is 0.0646 e. The van der Waals surface area contributed by atoms with Crippen LogP contribution in [0.25, 0.3) is 11.1 Å². The molecule has 0 aromatic heterocycles. The van der Waals surface area contributed by atoms with Crippen LogP contribution < -0.4 is 0 Å². The summed E-state index contributed by atoms with van der Waals surface area (Å²) in [7, 11) is 0. The molecule has 3 rings (SSSR count). The van der Waals surface area contributed by atoms with Crippen LogP contribution in [0.3, 0.4) is 0 Å². The van der Waals surface area contributed by atoms with Crippen molar-refractivity contribution < 1.29 is 5.11 Å². The predicted octanol–water partition coefficient (Wildman–Crippen LogP) is 6.45. The van der Waals surface area contributed by atoms with E-state index in [1.54, 1.807) is 0 Å². The van der Waals surface area contributed by atoms with Crippen molar-refractivity contribution >= 4 is 0 Å². The van der Waals surface area contributed by atoms with Gasteiger partial charge in [-0.2, -0.15) is 0 Å². The zero-order valence-electron chi connectivity index (χ0n) is 15.9. The van der Waals surface area contributed by atoms with E-state index in [1.807, 2.05) is 47.6 Å². The Morgan fingerprint density at radius 3 is 1.83 bits per heavy atom. The SMILES string of the molecule is CC.CC.CC.CC1c2ccccc2-c2ccccc2CC1O. The zero-order chi connectivity index (χ0) is 17.8. The highest BCUT2D eigenvalue weighted by atomic mass is 16.3. The van der Waals surface area contributed by atoms with Gasteiger partial charge in [-0.25, -0.2) is 0 Å². The van der Waals surface area contributed by atoms with Crippen LogP contribution in [-0.2, 0) is 6.42 Å². The lowest BCUT2D eigenvalue weighted by Gasteiger charge is -2.17. The Bertz CT molecular complexity index is 545. The lowest BCUT2D eigenvalue weighted by molar-refractivity contribution is 0.151. The first kappa shape index (κ1) is 21.4. The molecule has 0 aliphatic heterocycles. The standard InChI is InChI=1S/C16H16O.3C2H6/c1-11-13-7-4-5-9-15(13)14-8-3-2-6-12(14)10-16(11)17;3*1-2/h2-9,11,16-17H,10H2,1H3;3*1-2H3. The molecule has 1 heteroatoms. The van der Waals surface area contributed by atoms with Gasteiger partial charge in [-0.3, -0.25) is 0 Å². The summed E-state index contributed by atoms with van der Waals surface area (Å²) in [4.78, 5) is 0. The number of aliphatic hydroxyl groups is 1. The van der Waals surface area contributed by atoms with E-state index in [0.29, 0.717) is 0 Å². The average molecular weight is 315 g/mol. The molecule has 0 amide bonds. The molecule has 0 saturated carbocycles. The lowest BCUT2D eigenvalue weighted by atomic mass is 9.91. The van der Waals surface area contributed by atoms with Gasteiger partial charge in [-0.05, 0) is 28.7 Å². The number of benzene rings is 2. The Hall–Kier alpha value is -1.60. The number of fused-ring (bicyclic) bond motifs is 3. The van der Waals surface area contributed by atoms with Crippen molar-refractivity contribution in [2.75, 3.05) is 0 Å². The lowest BCUT2D eigenvalue weighted by Crippen LogP contribution is -2.17. The minimum Gasteiger partial charge on any atom is -0.392 e.